The third-order valence-electron chi connectivity index (χ3n) is 1.98. The second-order valence-electron chi connectivity index (χ2n) is 3.02. The number of hydrogen-bond acceptors (Lipinski definition) is 5. The maximum atomic E-state index is 5.58. The molecule has 2 rings (SSSR count). The Morgan fingerprint density at radius 1 is 1.47 bits per heavy atom. The SMILES string of the molecule is CCNCCOc1ncnc2ccsc12. The highest BCUT2D eigenvalue weighted by molar-refractivity contribution is 7.17. The van der Waals surface area contributed by atoms with Gasteiger partial charge in [0.05, 0.1) is 5.52 Å². The van der Waals surface area contributed by atoms with E-state index in [1.807, 2.05) is 11.4 Å². The zero-order valence-electron chi connectivity index (χ0n) is 8.56. The molecule has 0 amide bonds. The first-order valence-electron chi connectivity index (χ1n) is 4.93. The maximum absolute atomic E-state index is 5.58. The third-order valence-corrected chi connectivity index (χ3v) is 2.87. The fraction of sp³-hybridized carbons (Fsp3) is 0.400. The Hall–Kier alpha value is -1.20. The minimum Gasteiger partial charge on any atom is -0.475 e. The second-order valence-corrected chi connectivity index (χ2v) is 3.93. The van der Waals surface area contributed by atoms with Gasteiger partial charge in [0.1, 0.15) is 17.6 Å². The van der Waals surface area contributed by atoms with Crippen molar-refractivity contribution >= 4 is 21.6 Å². The summed E-state index contributed by atoms with van der Waals surface area (Å²) in [6.45, 7) is 4.51. The number of ether oxygens (including phenoxy) is 1. The minimum atomic E-state index is 0.637. The van der Waals surface area contributed by atoms with E-state index in [-0.39, 0.29) is 0 Å². The molecule has 0 aliphatic carbocycles. The van der Waals surface area contributed by atoms with Gasteiger partial charge in [-0.05, 0) is 18.0 Å². The summed E-state index contributed by atoms with van der Waals surface area (Å²) in [5.41, 5.74) is 0.952. The number of fused-ring (bicyclic) bond motifs is 1. The van der Waals surface area contributed by atoms with Crippen molar-refractivity contribution in [1.29, 1.82) is 0 Å². The second kappa shape index (κ2) is 5.04. The molecule has 0 bridgehead atoms. The van der Waals surface area contributed by atoms with Gasteiger partial charge in [-0.2, -0.15) is 0 Å². The molecule has 2 aromatic rings. The molecule has 4 nitrogen and oxygen atoms in total. The number of rotatable bonds is 5. The first-order chi connectivity index (χ1) is 7.42. The molecule has 0 unspecified atom stereocenters. The van der Waals surface area contributed by atoms with Crippen LogP contribution in [0.15, 0.2) is 17.8 Å². The van der Waals surface area contributed by atoms with Crippen LogP contribution in [0.3, 0.4) is 0 Å². The van der Waals surface area contributed by atoms with Crippen LogP contribution < -0.4 is 10.1 Å². The number of aromatic nitrogens is 2. The molecule has 0 spiro atoms. The van der Waals surface area contributed by atoms with Gasteiger partial charge in [-0.1, -0.05) is 6.92 Å². The normalized spacial score (nSPS) is 10.7. The van der Waals surface area contributed by atoms with E-state index in [0.29, 0.717) is 12.5 Å². The summed E-state index contributed by atoms with van der Waals surface area (Å²) in [6, 6.07) is 1.97. The van der Waals surface area contributed by atoms with Gasteiger partial charge in [-0.15, -0.1) is 11.3 Å². The lowest BCUT2D eigenvalue weighted by Crippen LogP contribution is -2.20. The zero-order chi connectivity index (χ0) is 10.5. The highest BCUT2D eigenvalue weighted by atomic mass is 32.1. The number of hydrogen-bond donors (Lipinski definition) is 1. The number of nitrogens with zero attached hydrogens (tertiary/aromatic N) is 2. The number of likely N-dealkylation sites (N-methyl/N-ethyl adjacent to an activating group) is 1. The van der Waals surface area contributed by atoms with Gasteiger partial charge in [-0.25, -0.2) is 9.97 Å². The summed E-state index contributed by atoms with van der Waals surface area (Å²) in [4.78, 5) is 8.28. The van der Waals surface area contributed by atoms with Crippen molar-refractivity contribution in [1.82, 2.24) is 15.3 Å². The minimum absolute atomic E-state index is 0.637. The Bertz CT molecular complexity index is 429. The van der Waals surface area contributed by atoms with Gasteiger partial charge in [0.2, 0.25) is 5.88 Å². The lowest BCUT2D eigenvalue weighted by atomic mass is 10.5. The molecule has 0 fully saturated rings. The van der Waals surface area contributed by atoms with E-state index in [4.69, 9.17) is 4.74 Å². The summed E-state index contributed by atoms with van der Waals surface area (Å²) in [5, 5.41) is 5.19. The Balaban J connectivity index is 2.04. The van der Waals surface area contributed by atoms with Crippen molar-refractivity contribution in [2.75, 3.05) is 19.7 Å². The lowest BCUT2D eigenvalue weighted by Gasteiger charge is -2.05. The van der Waals surface area contributed by atoms with Crippen molar-refractivity contribution in [3.05, 3.63) is 17.8 Å². The topological polar surface area (TPSA) is 47.0 Å². The summed E-state index contributed by atoms with van der Waals surface area (Å²) in [7, 11) is 0. The molecular weight excluding hydrogens is 210 g/mol. The molecule has 0 saturated carbocycles. The molecular formula is C10H13N3OS. The quantitative estimate of drug-likeness (QED) is 0.783. The average molecular weight is 223 g/mol. The zero-order valence-corrected chi connectivity index (χ0v) is 9.38. The maximum Gasteiger partial charge on any atom is 0.234 e. The van der Waals surface area contributed by atoms with Crippen molar-refractivity contribution < 1.29 is 4.74 Å². The molecule has 0 radical (unpaired) electrons. The first kappa shape index (κ1) is 10.3. The van der Waals surface area contributed by atoms with E-state index in [2.05, 4.69) is 22.2 Å². The number of thiophene rings is 1. The first-order valence-corrected chi connectivity index (χ1v) is 5.81. The molecule has 2 heterocycles. The molecule has 5 heteroatoms. The standard InChI is InChI=1S/C10H13N3OS/c1-2-11-4-5-14-10-9-8(3-6-15-9)12-7-13-10/h3,6-7,11H,2,4-5H2,1H3. The van der Waals surface area contributed by atoms with Crippen molar-refractivity contribution in [3.63, 3.8) is 0 Å². The molecule has 15 heavy (non-hydrogen) atoms. The fourth-order valence-electron chi connectivity index (χ4n) is 1.27. The molecule has 0 aliphatic rings. The van der Waals surface area contributed by atoms with Crippen LogP contribution in [0.1, 0.15) is 6.92 Å². The molecule has 0 atom stereocenters. The predicted octanol–water partition coefficient (Wildman–Crippen LogP) is 1.68. The van der Waals surface area contributed by atoms with E-state index < -0.39 is 0 Å². The van der Waals surface area contributed by atoms with Crippen LogP contribution in [0, 0.1) is 0 Å². The molecule has 1 N–H and O–H groups in total. The van der Waals surface area contributed by atoms with E-state index in [1.54, 1.807) is 11.3 Å². The largest absolute Gasteiger partial charge is 0.475 e. The van der Waals surface area contributed by atoms with Crippen molar-refractivity contribution in [2.45, 2.75) is 6.92 Å². The average Bonchev–Trinajstić information content (AvgIpc) is 2.73. The van der Waals surface area contributed by atoms with Crippen LogP contribution in [0.25, 0.3) is 10.2 Å². The van der Waals surface area contributed by atoms with E-state index in [9.17, 15) is 0 Å². The predicted molar refractivity (Wildman–Crippen MR) is 61.5 cm³/mol. The van der Waals surface area contributed by atoms with Crippen LogP contribution in [0.5, 0.6) is 5.88 Å². The van der Waals surface area contributed by atoms with Crippen LogP contribution in [-0.4, -0.2) is 29.7 Å². The summed E-state index contributed by atoms with van der Waals surface area (Å²) < 4.78 is 6.60. The number of nitrogens with one attached hydrogen (secondary N) is 1. The van der Waals surface area contributed by atoms with Gasteiger partial charge >= 0.3 is 0 Å². The molecule has 2 aromatic heterocycles. The summed E-state index contributed by atoms with van der Waals surface area (Å²) >= 11 is 1.61. The highest BCUT2D eigenvalue weighted by Gasteiger charge is 2.04. The van der Waals surface area contributed by atoms with E-state index in [1.165, 1.54) is 6.33 Å². The Kier molecular flexibility index (Phi) is 3.47. The Morgan fingerprint density at radius 2 is 2.40 bits per heavy atom. The van der Waals surface area contributed by atoms with Crippen LogP contribution >= 0.6 is 11.3 Å². The van der Waals surface area contributed by atoms with Crippen LogP contribution in [0.4, 0.5) is 0 Å². The van der Waals surface area contributed by atoms with Crippen LogP contribution in [0.2, 0.25) is 0 Å². The van der Waals surface area contributed by atoms with E-state index >= 15 is 0 Å². The Labute approximate surface area is 92.3 Å². The monoisotopic (exact) mass is 223 g/mol. The van der Waals surface area contributed by atoms with Gasteiger partial charge in [-0.3, -0.25) is 0 Å². The van der Waals surface area contributed by atoms with Gasteiger partial charge in [0.15, 0.2) is 0 Å². The molecule has 0 aromatic carbocycles. The third kappa shape index (κ3) is 2.43. The lowest BCUT2D eigenvalue weighted by molar-refractivity contribution is 0.308. The van der Waals surface area contributed by atoms with Crippen molar-refractivity contribution in [3.8, 4) is 5.88 Å². The molecule has 0 aliphatic heterocycles. The van der Waals surface area contributed by atoms with Gasteiger partial charge in [0, 0.05) is 6.54 Å². The summed E-state index contributed by atoms with van der Waals surface area (Å²) in [5.74, 6) is 0.688. The van der Waals surface area contributed by atoms with Gasteiger partial charge in [0.25, 0.3) is 0 Å². The van der Waals surface area contributed by atoms with Gasteiger partial charge < -0.3 is 10.1 Å². The highest BCUT2D eigenvalue weighted by Crippen LogP contribution is 2.26. The van der Waals surface area contributed by atoms with E-state index in [0.717, 1.165) is 23.3 Å². The Morgan fingerprint density at radius 3 is 3.27 bits per heavy atom. The smallest absolute Gasteiger partial charge is 0.234 e. The molecule has 0 saturated heterocycles. The van der Waals surface area contributed by atoms with Crippen LogP contribution in [-0.2, 0) is 0 Å². The fourth-order valence-corrected chi connectivity index (χ4v) is 2.05. The summed E-state index contributed by atoms with van der Waals surface area (Å²) in [6.07, 6.45) is 1.54. The van der Waals surface area contributed by atoms with Crippen molar-refractivity contribution in [2.24, 2.45) is 0 Å². The molecule has 80 valence electrons.